The molecule has 0 atom stereocenters. The Balaban J connectivity index is 2.53. The number of aromatic nitrogens is 4. The summed E-state index contributed by atoms with van der Waals surface area (Å²) in [6.45, 7) is 0. The Morgan fingerprint density at radius 2 is 1.77 bits per heavy atom. The highest BCUT2D eigenvalue weighted by molar-refractivity contribution is 9.11. The number of hydrogen-bond donors (Lipinski definition) is 0. The van der Waals surface area contributed by atoms with E-state index in [1.165, 1.54) is 0 Å². The lowest BCUT2D eigenvalue weighted by molar-refractivity contribution is 0.788. The van der Waals surface area contributed by atoms with Gasteiger partial charge in [0.05, 0.1) is 5.69 Å². The molecule has 0 unspecified atom stereocenters. The minimum Gasteiger partial charge on any atom is -0.200 e. The van der Waals surface area contributed by atoms with Gasteiger partial charge >= 0.3 is 0 Å². The highest BCUT2D eigenvalue weighted by Crippen LogP contribution is 2.21. The van der Waals surface area contributed by atoms with E-state index >= 15 is 0 Å². The molecule has 66 valence electrons. The molecule has 0 aliphatic heterocycles. The molecule has 0 saturated carbocycles. The molecular formula is C7H4Br2N4. The Kier molecular flexibility index (Phi) is 2.41. The van der Waals surface area contributed by atoms with Crippen LogP contribution in [0.4, 0.5) is 0 Å². The van der Waals surface area contributed by atoms with E-state index in [-0.39, 0.29) is 0 Å². The lowest BCUT2D eigenvalue weighted by Crippen LogP contribution is -1.94. The number of halogens is 2. The highest BCUT2D eigenvalue weighted by atomic mass is 79.9. The number of benzene rings is 1. The molecule has 2 aromatic rings. The SMILES string of the molecule is Brc1cc(Br)cc(-n2cnnn2)c1. The lowest BCUT2D eigenvalue weighted by Gasteiger charge is -2.00. The third-order valence-electron chi connectivity index (χ3n) is 1.46. The third kappa shape index (κ3) is 1.94. The normalized spacial score (nSPS) is 10.3. The second-order valence-corrected chi connectivity index (χ2v) is 4.21. The van der Waals surface area contributed by atoms with Crippen LogP contribution in [-0.4, -0.2) is 20.2 Å². The van der Waals surface area contributed by atoms with Crippen molar-refractivity contribution in [3.05, 3.63) is 33.5 Å². The van der Waals surface area contributed by atoms with Gasteiger partial charge in [-0.25, -0.2) is 4.68 Å². The van der Waals surface area contributed by atoms with Crippen LogP contribution in [0.25, 0.3) is 5.69 Å². The van der Waals surface area contributed by atoms with Crippen molar-refractivity contribution in [2.24, 2.45) is 0 Å². The van der Waals surface area contributed by atoms with Crippen LogP contribution in [0.15, 0.2) is 33.5 Å². The molecule has 13 heavy (non-hydrogen) atoms. The molecule has 0 fully saturated rings. The van der Waals surface area contributed by atoms with Gasteiger partial charge in [-0.3, -0.25) is 0 Å². The van der Waals surface area contributed by atoms with Crippen LogP contribution >= 0.6 is 31.9 Å². The largest absolute Gasteiger partial charge is 0.200 e. The fourth-order valence-corrected chi connectivity index (χ4v) is 2.22. The van der Waals surface area contributed by atoms with Gasteiger partial charge in [-0.05, 0) is 28.6 Å². The van der Waals surface area contributed by atoms with Crippen molar-refractivity contribution in [3.8, 4) is 5.69 Å². The smallest absolute Gasteiger partial charge is 0.143 e. The first kappa shape index (κ1) is 8.83. The van der Waals surface area contributed by atoms with E-state index < -0.39 is 0 Å². The van der Waals surface area contributed by atoms with Crippen LogP contribution in [0, 0.1) is 0 Å². The minimum atomic E-state index is 0.909. The Morgan fingerprint density at radius 1 is 1.08 bits per heavy atom. The van der Waals surface area contributed by atoms with Gasteiger partial charge in [-0.15, -0.1) is 5.10 Å². The average molecular weight is 304 g/mol. The second kappa shape index (κ2) is 3.55. The number of hydrogen-bond acceptors (Lipinski definition) is 3. The molecule has 0 aliphatic carbocycles. The molecule has 2 rings (SSSR count). The molecule has 4 nitrogen and oxygen atoms in total. The summed E-state index contributed by atoms with van der Waals surface area (Å²) in [5.74, 6) is 0. The Labute approximate surface area is 91.2 Å². The van der Waals surface area contributed by atoms with Crippen LogP contribution in [0.5, 0.6) is 0 Å². The van der Waals surface area contributed by atoms with E-state index in [0.717, 1.165) is 14.6 Å². The summed E-state index contributed by atoms with van der Waals surface area (Å²) in [6, 6.07) is 5.82. The van der Waals surface area contributed by atoms with E-state index in [1.807, 2.05) is 18.2 Å². The first-order valence-electron chi connectivity index (χ1n) is 3.45. The maximum atomic E-state index is 3.78. The fraction of sp³-hybridized carbons (Fsp3) is 0. The molecule has 0 N–H and O–H groups in total. The number of nitrogens with zero attached hydrogens (tertiary/aromatic N) is 4. The van der Waals surface area contributed by atoms with E-state index in [9.17, 15) is 0 Å². The van der Waals surface area contributed by atoms with Crippen molar-refractivity contribution in [3.63, 3.8) is 0 Å². The van der Waals surface area contributed by atoms with Gasteiger partial charge in [0.15, 0.2) is 0 Å². The fourth-order valence-electron chi connectivity index (χ4n) is 0.951. The lowest BCUT2D eigenvalue weighted by atomic mass is 10.3. The van der Waals surface area contributed by atoms with E-state index in [2.05, 4.69) is 47.4 Å². The zero-order chi connectivity index (χ0) is 9.26. The molecule has 0 amide bonds. The Bertz CT molecular complexity index is 392. The van der Waals surface area contributed by atoms with Gasteiger partial charge in [0.2, 0.25) is 0 Å². The van der Waals surface area contributed by atoms with Crippen LogP contribution in [0.1, 0.15) is 0 Å². The molecule has 1 aromatic carbocycles. The number of rotatable bonds is 1. The highest BCUT2D eigenvalue weighted by Gasteiger charge is 2.00. The Morgan fingerprint density at radius 3 is 2.31 bits per heavy atom. The second-order valence-electron chi connectivity index (χ2n) is 2.38. The van der Waals surface area contributed by atoms with Crippen molar-refractivity contribution in [2.45, 2.75) is 0 Å². The van der Waals surface area contributed by atoms with Crippen LogP contribution < -0.4 is 0 Å². The first-order valence-corrected chi connectivity index (χ1v) is 5.04. The Hall–Kier alpha value is -0.750. The molecule has 1 heterocycles. The average Bonchev–Trinajstić information content (AvgIpc) is 2.53. The van der Waals surface area contributed by atoms with Gasteiger partial charge in [-0.1, -0.05) is 31.9 Å². The predicted molar refractivity (Wildman–Crippen MR) is 54.6 cm³/mol. The summed E-state index contributed by atoms with van der Waals surface area (Å²) < 4.78 is 3.55. The first-order chi connectivity index (χ1) is 6.25. The third-order valence-corrected chi connectivity index (χ3v) is 2.38. The van der Waals surface area contributed by atoms with Crippen molar-refractivity contribution in [2.75, 3.05) is 0 Å². The summed E-state index contributed by atoms with van der Waals surface area (Å²) >= 11 is 6.77. The van der Waals surface area contributed by atoms with E-state index in [0.29, 0.717) is 0 Å². The van der Waals surface area contributed by atoms with Crippen LogP contribution in [0.2, 0.25) is 0 Å². The van der Waals surface area contributed by atoms with Gasteiger partial charge in [0.1, 0.15) is 6.33 Å². The van der Waals surface area contributed by atoms with Crippen molar-refractivity contribution in [1.82, 2.24) is 20.2 Å². The standard InChI is InChI=1S/C7H4Br2N4/c8-5-1-6(9)3-7(2-5)13-4-10-11-12-13/h1-4H. The number of tetrazole rings is 1. The predicted octanol–water partition coefficient (Wildman–Crippen LogP) is 2.19. The molecule has 0 spiro atoms. The molecular weight excluding hydrogens is 300 g/mol. The maximum absolute atomic E-state index is 3.78. The molecule has 1 aromatic heterocycles. The molecule has 0 saturated heterocycles. The van der Waals surface area contributed by atoms with E-state index in [4.69, 9.17) is 0 Å². The molecule has 0 aliphatic rings. The van der Waals surface area contributed by atoms with Crippen molar-refractivity contribution < 1.29 is 0 Å². The molecule has 0 bridgehead atoms. The van der Waals surface area contributed by atoms with Crippen molar-refractivity contribution in [1.29, 1.82) is 0 Å². The van der Waals surface area contributed by atoms with Gasteiger partial charge in [0, 0.05) is 8.95 Å². The summed E-state index contributed by atoms with van der Waals surface area (Å²) in [5, 5.41) is 10.9. The van der Waals surface area contributed by atoms with Gasteiger partial charge < -0.3 is 0 Å². The molecule has 0 radical (unpaired) electrons. The zero-order valence-electron chi connectivity index (χ0n) is 6.35. The maximum Gasteiger partial charge on any atom is 0.143 e. The van der Waals surface area contributed by atoms with Crippen molar-refractivity contribution >= 4 is 31.9 Å². The van der Waals surface area contributed by atoms with Gasteiger partial charge in [-0.2, -0.15) is 0 Å². The summed E-state index contributed by atoms with van der Waals surface area (Å²) in [7, 11) is 0. The summed E-state index contributed by atoms with van der Waals surface area (Å²) in [6.07, 6.45) is 1.55. The summed E-state index contributed by atoms with van der Waals surface area (Å²) in [4.78, 5) is 0. The van der Waals surface area contributed by atoms with Gasteiger partial charge in [0.25, 0.3) is 0 Å². The minimum absolute atomic E-state index is 0.909. The quantitative estimate of drug-likeness (QED) is 0.811. The zero-order valence-corrected chi connectivity index (χ0v) is 9.53. The van der Waals surface area contributed by atoms with Crippen LogP contribution in [0.3, 0.4) is 0 Å². The van der Waals surface area contributed by atoms with E-state index in [1.54, 1.807) is 11.0 Å². The molecule has 6 heteroatoms. The van der Waals surface area contributed by atoms with Crippen LogP contribution in [-0.2, 0) is 0 Å². The monoisotopic (exact) mass is 302 g/mol. The topological polar surface area (TPSA) is 43.6 Å². The summed E-state index contributed by atoms with van der Waals surface area (Å²) in [5.41, 5.74) is 0.909.